The Kier molecular flexibility index (Phi) is 6.35. The molecule has 2 heterocycles. The summed E-state index contributed by atoms with van der Waals surface area (Å²) in [6.07, 6.45) is 3.84. The Labute approximate surface area is 189 Å². The predicted molar refractivity (Wildman–Crippen MR) is 127 cm³/mol. The number of hydrogen-bond acceptors (Lipinski definition) is 3. The summed E-state index contributed by atoms with van der Waals surface area (Å²) in [6.45, 7) is 7.45. The minimum atomic E-state index is -0.206. The van der Waals surface area contributed by atoms with E-state index in [0.717, 1.165) is 53.9 Å². The highest BCUT2D eigenvalue weighted by Crippen LogP contribution is 2.25. The van der Waals surface area contributed by atoms with Crippen LogP contribution in [0.2, 0.25) is 0 Å². The van der Waals surface area contributed by atoms with Gasteiger partial charge in [0.2, 0.25) is 0 Å². The highest BCUT2D eigenvalue weighted by molar-refractivity contribution is 6.01. The normalized spacial score (nSPS) is 14.3. The van der Waals surface area contributed by atoms with Gasteiger partial charge in [0.05, 0.1) is 6.04 Å². The second-order valence-electron chi connectivity index (χ2n) is 8.59. The third kappa shape index (κ3) is 4.88. The van der Waals surface area contributed by atoms with Crippen LogP contribution in [0.25, 0.3) is 11.1 Å². The van der Waals surface area contributed by atoms with Crippen LogP contribution in [0.1, 0.15) is 63.3 Å². The van der Waals surface area contributed by atoms with Crippen LogP contribution in [0.4, 0.5) is 0 Å². The molecule has 2 aromatic carbocycles. The molecule has 5 nitrogen and oxygen atoms in total. The van der Waals surface area contributed by atoms with Crippen LogP contribution < -0.4 is 5.32 Å². The monoisotopic (exact) mass is 427 g/mol. The molecule has 1 fully saturated rings. The molecular formula is C27H29N3O2. The van der Waals surface area contributed by atoms with E-state index in [0.29, 0.717) is 11.1 Å². The average molecular weight is 428 g/mol. The maximum atomic E-state index is 13.2. The number of aromatic nitrogens is 1. The number of carbonyl (C=O) groups excluding carboxylic acids is 2. The molecule has 2 amide bonds. The predicted octanol–water partition coefficient (Wildman–Crippen LogP) is 5.09. The van der Waals surface area contributed by atoms with Crippen molar-refractivity contribution in [1.29, 1.82) is 0 Å². The molecule has 1 aliphatic heterocycles. The van der Waals surface area contributed by atoms with Gasteiger partial charge in [0.1, 0.15) is 0 Å². The lowest BCUT2D eigenvalue weighted by Crippen LogP contribution is -2.29. The molecule has 32 heavy (non-hydrogen) atoms. The number of amides is 2. The molecule has 1 aromatic heterocycles. The van der Waals surface area contributed by atoms with Crippen molar-refractivity contribution < 1.29 is 9.59 Å². The number of nitrogens with zero attached hydrogens (tertiary/aromatic N) is 2. The summed E-state index contributed by atoms with van der Waals surface area (Å²) >= 11 is 0. The molecule has 4 rings (SSSR count). The first-order valence-corrected chi connectivity index (χ1v) is 11.2. The topological polar surface area (TPSA) is 62.3 Å². The van der Waals surface area contributed by atoms with Gasteiger partial charge in [0.25, 0.3) is 11.8 Å². The first-order valence-electron chi connectivity index (χ1n) is 11.2. The summed E-state index contributed by atoms with van der Waals surface area (Å²) in [4.78, 5) is 32.5. The molecule has 0 spiro atoms. The van der Waals surface area contributed by atoms with Crippen LogP contribution in [-0.2, 0) is 0 Å². The molecule has 3 aromatic rings. The first kappa shape index (κ1) is 21.8. The number of pyridine rings is 1. The van der Waals surface area contributed by atoms with E-state index >= 15 is 0 Å². The fourth-order valence-electron chi connectivity index (χ4n) is 4.00. The van der Waals surface area contributed by atoms with Crippen molar-refractivity contribution in [3.63, 3.8) is 0 Å². The van der Waals surface area contributed by atoms with Crippen molar-refractivity contribution in [2.45, 2.75) is 39.7 Å². The van der Waals surface area contributed by atoms with Crippen LogP contribution in [-0.4, -0.2) is 34.8 Å². The van der Waals surface area contributed by atoms with Crippen molar-refractivity contribution in [3.8, 4) is 11.1 Å². The number of likely N-dealkylation sites (tertiary alicyclic amines) is 1. The van der Waals surface area contributed by atoms with E-state index in [1.807, 2.05) is 74.2 Å². The number of benzene rings is 2. The van der Waals surface area contributed by atoms with Crippen LogP contribution in [0.15, 0.2) is 60.8 Å². The van der Waals surface area contributed by atoms with Gasteiger partial charge in [-0.15, -0.1) is 0 Å². The van der Waals surface area contributed by atoms with Gasteiger partial charge in [0, 0.05) is 36.1 Å². The fourth-order valence-corrected chi connectivity index (χ4v) is 4.00. The lowest BCUT2D eigenvalue weighted by molar-refractivity contribution is 0.0793. The minimum Gasteiger partial charge on any atom is -0.345 e. The molecule has 1 atom stereocenters. The fraction of sp³-hybridized carbons (Fsp3) is 0.296. The Morgan fingerprint density at radius 3 is 2.25 bits per heavy atom. The highest BCUT2D eigenvalue weighted by Gasteiger charge is 2.22. The Morgan fingerprint density at radius 1 is 0.906 bits per heavy atom. The average Bonchev–Trinajstić information content (AvgIpc) is 3.34. The maximum Gasteiger partial charge on any atom is 0.253 e. The second-order valence-corrected chi connectivity index (χ2v) is 8.59. The van der Waals surface area contributed by atoms with E-state index in [1.165, 1.54) is 0 Å². The number of carbonyl (C=O) groups is 2. The molecule has 0 radical (unpaired) electrons. The summed E-state index contributed by atoms with van der Waals surface area (Å²) in [5, 5.41) is 3.05. The number of aryl methyl sites for hydroxylation is 2. The summed E-state index contributed by atoms with van der Waals surface area (Å²) in [5.74, 6) is -0.219. The largest absolute Gasteiger partial charge is 0.345 e. The van der Waals surface area contributed by atoms with Crippen molar-refractivity contribution >= 4 is 11.8 Å². The van der Waals surface area contributed by atoms with E-state index in [2.05, 4.69) is 10.3 Å². The number of rotatable bonds is 5. The van der Waals surface area contributed by atoms with Crippen LogP contribution >= 0.6 is 0 Å². The zero-order valence-electron chi connectivity index (χ0n) is 18.9. The highest BCUT2D eigenvalue weighted by atomic mass is 16.2. The second kappa shape index (κ2) is 9.35. The van der Waals surface area contributed by atoms with E-state index in [9.17, 15) is 9.59 Å². The van der Waals surface area contributed by atoms with Crippen LogP contribution in [0.5, 0.6) is 0 Å². The molecule has 1 unspecified atom stereocenters. The summed E-state index contributed by atoms with van der Waals surface area (Å²) < 4.78 is 0. The third-order valence-electron chi connectivity index (χ3n) is 6.00. The maximum absolute atomic E-state index is 13.2. The van der Waals surface area contributed by atoms with E-state index in [4.69, 9.17) is 0 Å². The van der Waals surface area contributed by atoms with Gasteiger partial charge in [-0.2, -0.15) is 0 Å². The number of hydrogen-bond donors (Lipinski definition) is 1. The van der Waals surface area contributed by atoms with Gasteiger partial charge >= 0.3 is 0 Å². The van der Waals surface area contributed by atoms with Gasteiger partial charge in [0.15, 0.2) is 0 Å². The van der Waals surface area contributed by atoms with Gasteiger partial charge in [-0.3, -0.25) is 14.6 Å². The smallest absolute Gasteiger partial charge is 0.253 e. The molecular weight excluding hydrogens is 398 g/mol. The van der Waals surface area contributed by atoms with Gasteiger partial charge in [-0.05, 0) is 74.6 Å². The van der Waals surface area contributed by atoms with Crippen LogP contribution in [0.3, 0.4) is 0 Å². The van der Waals surface area contributed by atoms with Gasteiger partial charge in [-0.1, -0.05) is 35.9 Å². The van der Waals surface area contributed by atoms with Gasteiger partial charge < -0.3 is 10.2 Å². The third-order valence-corrected chi connectivity index (χ3v) is 6.00. The molecule has 0 saturated carbocycles. The first-order chi connectivity index (χ1) is 15.4. The number of nitrogens with one attached hydrogen (secondary N) is 1. The zero-order valence-corrected chi connectivity index (χ0v) is 18.9. The summed E-state index contributed by atoms with van der Waals surface area (Å²) in [6, 6.07) is 17.3. The Bertz CT molecular complexity index is 1110. The van der Waals surface area contributed by atoms with Crippen molar-refractivity contribution in [1.82, 2.24) is 15.2 Å². The lowest BCUT2D eigenvalue weighted by Gasteiger charge is -2.18. The van der Waals surface area contributed by atoms with Crippen molar-refractivity contribution in [2.75, 3.05) is 13.1 Å². The zero-order chi connectivity index (χ0) is 22.7. The molecule has 5 heteroatoms. The molecule has 164 valence electrons. The minimum absolute atomic E-state index is 0.0127. The Balaban J connectivity index is 1.66. The molecule has 1 saturated heterocycles. The molecule has 1 aliphatic rings. The standard InChI is InChI=1S/C27H29N3O2/c1-18-6-9-21(10-7-18)23-14-24(16-25(15-23)27(32)30-12-4-5-13-30)26(31)29-20(3)22-11-8-19(2)28-17-22/h6-11,14-17,20H,4-5,12-13H2,1-3H3,(H,29,31). The van der Waals surface area contributed by atoms with E-state index in [1.54, 1.807) is 12.3 Å². The van der Waals surface area contributed by atoms with Crippen LogP contribution in [0, 0.1) is 13.8 Å². The molecule has 0 bridgehead atoms. The SMILES string of the molecule is Cc1ccc(-c2cc(C(=O)NC(C)c3ccc(C)nc3)cc(C(=O)N3CCCC3)c2)cc1. The summed E-state index contributed by atoms with van der Waals surface area (Å²) in [7, 11) is 0. The van der Waals surface area contributed by atoms with Gasteiger partial charge in [-0.25, -0.2) is 0 Å². The Morgan fingerprint density at radius 2 is 1.59 bits per heavy atom. The van der Waals surface area contributed by atoms with E-state index < -0.39 is 0 Å². The van der Waals surface area contributed by atoms with E-state index in [-0.39, 0.29) is 17.9 Å². The van der Waals surface area contributed by atoms with Crippen molar-refractivity contribution in [2.24, 2.45) is 0 Å². The molecule has 0 aliphatic carbocycles. The quantitative estimate of drug-likeness (QED) is 0.617. The molecule has 1 N–H and O–H groups in total. The summed E-state index contributed by atoms with van der Waals surface area (Å²) in [5.41, 5.74) is 5.92. The lowest BCUT2D eigenvalue weighted by atomic mass is 9.97. The Hall–Kier alpha value is -3.47. The van der Waals surface area contributed by atoms with Crippen molar-refractivity contribution in [3.05, 3.63) is 88.7 Å².